The van der Waals surface area contributed by atoms with Crippen molar-refractivity contribution in [2.24, 2.45) is 5.16 Å². The first kappa shape index (κ1) is 21.7. The summed E-state index contributed by atoms with van der Waals surface area (Å²) in [5, 5.41) is 4.58. The molecular weight excluding hydrogens is 410 g/mol. The molecule has 1 aliphatic rings. The Morgan fingerprint density at radius 2 is 1.86 bits per heavy atom. The van der Waals surface area contributed by atoms with Gasteiger partial charge in [0.05, 0.1) is 10.6 Å². The van der Waals surface area contributed by atoms with Gasteiger partial charge in [-0.3, -0.25) is 0 Å². The van der Waals surface area contributed by atoms with Crippen LogP contribution in [0.3, 0.4) is 0 Å². The van der Waals surface area contributed by atoms with E-state index in [0.717, 1.165) is 30.5 Å². The third-order valence-electron chi connectivity index (χ3n) is 4.90. The first-order chi connectivity index (χ1) is 14.0. The Morgan fingerprint density at radius 1 is 1.14 bits per heavy atom. The Balaban J connectivity index is 1.53. The Morgan fingerprint density at radius 3 is 2.52 bits per heavy atom. The van der Waals surface area contributed by atoms with Crippen LogP contribution in [0.2, 0.25) is 5.15 Å². The van der Waals surface area contributed by atoms with Crippen LogP contribution in [0.4, 0.5) is 0 Å². The van der Waals surface area contributed by atoms with Crippen molar-refractivity contribution < 1.29 is 13.3 Å². The van der Waals surface area contributed by atoms with Crippen molar-refractivity contribution in [3.05, 3.63) is 58.9 Å². The molecule has 1 fully saturated rings. The van der Waals surface area contributed by atoms with E-state index in [4.69, 9.17) is 16.4 Å². The van der Waals surface area contributed by atoms with Crippen LogP contribution in [0.1, 0.15) is 43.7 Å². The van der Waals surface area contributed by atoms with Gasteiger partial charge in [0.1, 0.15) is 11.8 Å². The zero-order chi connectivity index (χ0) is 20.7. The summed E-state index contributed by atoms with van der Waals surface area (Å²) in [6, 6.07) is 10.8. The highest BCUT2D eigenvalue weighted by Crippen LogP contribution is 2.21. The number of halogens is 1. The standard InChI is InChI=1S/C21H26ClN3O3S/c1-2-3-4-17-5-7-20(8-6-17)29(26,27)25-13-10-19(11-14-25)24-28-16-18-9-12-23-21(22)15-18/h5-9,12,15H,2-4,10-11,13-14,16H2,1H3. The Kier molecular flexibility index (Phi) is 7.64. The molecule has 0 N–H and O–H groups in total. The molecule has 0 aliphatic carbocycles. The summed E-state index contributed by atoms with van der Waals surface area (Å²) >= 11 is 5.85. The quantitative estimate of drug-likeness (QED) is 0.454. The predicted octanol–water partition coefficient (Wildman–Crippen LogP) is 4.43. The molecule has 0 unspecified atom stereocenters. The number of unbranched alkanes of at least 4 members (excludes halogenated alkanes) is 1. The van der Waals surface area contributed by atoms with Gasteiger partial charge in [-0.25, -0.2) is 13.4 Å². The molecule has 0 atom stereocenters. The number of piperidine rings is 1. The van der Waals surface area contributed by atoms with Gasteiger partial charge in [0, 0.05) is 32.1 Å². The minimum Gasteiger partial charge on any atom is -0.391 e. The molecule has 29 heavy (non-hydrogen) atoms. The lowest BCUT2D eigenvalue weighted by atomic mass is 10.1. The Bertz CT molecular complexity index is 936. The van der Waals surface area contributed by atoms with E-state index in [2.05, 4.69) is 17.1 Å². The van der Waals surface area contributed by atoms with E-state index in [1.54, 1.807) is 24.4 Å². The number of oxime groups is 1. The van der Waals surface area contributed by atoms with Gasteiger partial charge in [0.25, 0.3) is 0 Å². The van der Waals surface area contributed by atoms with Gasteiger partial charge in [0.2, 0.25) is 10.0 Å². The molecule has 6 nitrogen and oxygen atoms in total. The lowest BCUT2D eigenvalue weighted by Gasteiger charge is -2.26. The van der Waals surface area contributed by atoms with Crippen LogP contribution in [0, 0.1) is 0 Å². The van der Waals surface area contributed by atoms with Crippen molar-refractivity contribution in [3.63, 3.8) is 0 Å². The zero-order valence-electron chi connectivity index (χ0n) is 16.6. The Labute approximate surface area is 177 Å². The molecule has 2 heterocycles. The summed E-state index contributed by atoms with van der Waals surface area (Å²) in [4.78, 5) is 9.67. The summed E-state index contributed by atoms with van der Waals surface area (Å²) in [6.07, 6.45) is 5.95. The second kappa shape index (κ2) is 10.2. The van der Waals surface area contributed by atoms with E-state index < -0.39 is 10.0 Å². The maximum Gasteiger partial charge on any atom is 0.243 e. The van der Waals surface area contributed by atoms with Crippen molar-refractivity contribution in [1.82, 2.24) is 9.29 Å². The van der Waals surface area contributed by atoms with Gasteiger partial charge in [-0.15, -0.1) is 0 Å². The maximum atomic E-state index is 12.9. The van der Waals surface area contributed by atoms with Crippen molar-refractivity contribution in [1.29, 1.82) is 0 Å². The molecule has 1 aromatic heterocycles. The number of pyridine rings is 1. The number of hydrogen-bond acceptors (Lipinski definition) is 5. The summed E-state index contributed by atoms with van der Waals surface area (Å²) in [5.74, 6) is 0. The highest BCUT2D eigenvalue weighted by Gasteiger charge is 2.28. The van der Waals surface area contributed by atoms with Gasteiger partial charge in [0.15, 0.2) is 0 Å². The molecule has 0 saturated carbocycles. The number of aryl methyl sites for hydroxylation is 1. The third kappa shape index (κ3) is 6.01. The molecule has 0 radical (unpaired) electrons. The molecule has 1 saturated heterocycles. The summed E-state index contributed by atoms with van der Waals surface area (Å²) in [5.41, 5.74) is 2.93. The van der Waals surface area contributed by atoms with Crippen LogP contribution in [-0.2, 0) is 27.9 Å². The lowest BCUT2D eigenvalue weighted by Crippen LogP contribution is -2.38. The number of sulfonamides is 1. The molecule has 1 aromatic carbocycles. The topological polar surface area (TPSA) is 71.9 Å². The van der Waals surface area contributed by atoms with Crippen LogP contribution in [-0.4, -0.2) is 36.5 Å². The average molecular weight is 436 g/mol. The van der Waals surface area contributed by atoms with E-state index in [1.165, 1.54) is 9.87 Å². The van der Waals surface area contributed by atoms with E-state index in [-0.39, 0.29) is 0 Å². The fourth-order valence-electron chi connectivity index (χ4n) is 3.16. The average Bonchev–Trinajstić information content (AvgIpc) is 2.73. The predicted molar refractivity (Wildman–Crippen MR) is 115 cm³/mol. The number of benzene rings is 1. The SMILES string of the molecule is CCCCc1ccc(S(=O)(=O)N2CCC(=NOCc3ccnc(Cl)c3)CC2)cc1. The van der Waals surface area contributed by atoms with Gasteiger partial charge >= 0.3 is 0 Å². The molecule has 0 bridgehead atoms. The second-order valence-electron chi connectivity index (χ2n) is 7.07. The Hall–Kier alpha value is -1.96. The molecule has 0 amide bonds. The number of nitrogens with zero attached hydrogens (tertiary/aromatic N) is 3. The van der Waals surface area contributed by atoms with Crippen LogP contribution >= 0.6 is 11.6 Å². The maximum absolute atomic E-state index is 12.9. The number of rotatable bonds is 8. The monoisotopic (exact) mass is 435 g/mol. The molecule has 3 rings (SSSR count). The summed E-state index contributed by atoms with van der Waals surface area (Å²) in [7, 11) is -3.48. The number of hydrogen-bond donors (Lipinski definition) is 0. The molecular formula is C21H26ClN3O3S. The van der Waals surface area contributed by atoms with Crippen LogP contribution in [0.15, 0.2) is 52.6 Å². The minimum atomic E-state index is -3.48. The van der Waals surface area contributed by atoms with E-state index in [1.807, 2.05) is 18.2 Å². The number of aromatic nitrogens is 1. The minimum absolute atomic E-state index is 0.304. The van der Waals surface area contributed by atoms with Crippen LogP contribution < -0.4 is 0 Å². The fraction of sp³-hybridized carbons (Fsp3) is 0.429. The highest BCUT2D eigenvalue weighted by molar-refractivity contribution is 7.89. The van der Waals surface area contributed by atoms with Gasteiger partial charge in [-0.05, 0) is 48.2 Å². The van der Waals surface area contributed by atoms with Crippen molar-refractivity contribution in [3.8, 4) is 0 Å². The smallest absolute Gasteiger partial charge is 0.243 e. The van der Waals surface area contributed by atoms with Crippen LogP contribution in [0.5, 0.6) is 0 Å². The molecule has 2 aromatic rings. The normalized spacial score (nSPS) is 15.3. The lowest BCUT2D eigenvalue weighted by molar-refractivity contribution is 0.128. The van der Waals surface area contributed by atoms with Gasteiger partial charge < -0.3 is 4.84 Å². The van der Waals surface area contributed by atoms with E-state index in [9.17, 15) is 8.42 Å². The molecule has 8 heteroatoms. The zero-order valence-corrected chi connectivity index (χ0v) is 18.1. The van der Waals surface area contributed by atoms with Crippen molar-refractivity contribution in [2.75, 3.05) is 13.1 Å². The molecule has 156 valence electrons. The second-order valence-corrected chi connectivity index (χ2v) is 9.39. The van der Waals surface area contributed by atoms with Gasteiger partial charge in [-0.2, -0.15) is 4.31 Å². The first-order valence-electron chi connectivity index (χ1n) is 9.86. The largest absolute Gasteiger partial charge is 0.391 e. The van der Waals surface area contributed by atoms with Crippen molar-refractivity contribution in [2.45, 2.75) is 50.5 Å². The highest BCUT2D eigenvalue weighted by atomic mass is 35.5. The van der Waals surface area contributed by atoms with E-state index >= 15 is 0 Å². The van der Waals surface area contributed by atoms with Crippen LogP contribution in [0.25, 0.3) is 0 Å². The van der Waals surface area contributed by atoms with Gasteiger partial charge in [-0.1, -0.05) is 42.2 Å². The fourth-order valence-corrected chi connectivity index (χ4v) is 4.80. The summed E-state index contributed by atoms with van der Waals surface area (Å²) in [6.45, 7) is 3.26. The molecule has 0 spiro atoms. The first-order valence-corrected chi connectivity index (χ1v) is 11.7. The summed E-state index contributed by atoms with van der Waals surface area (Å²) < 4.78 is 27.3. The van der Waals surface area contributed by atoms with Crippen molar-refractivity contribution >= 4 is 27.3 Å². The third-order valence-corrected chi connectivity index (χ3v) is 7.02. The van der Waals surface area contributed by atoms with E-state index in [0.29, 0.717) is 42.6 Å². The molecule has 1 aliphatic heterocycles.